The van der Waals surface area contributed by atoms with Gasteiger partial charge in [-0.3, -0.25) is 9.91 Å². The van der Waals surface area contributed by atoms with Gasteiger partial charge in [-0.15, -0.1) is 0 Å². The highest BCUT2D eigenvalue weighted by Crippen LogP contribution is 2.22. The van der Waals surface area contributed by atoms with E-state index in [0.717, 1.165) is 38.3 Å². The molecule has 27 heavy (non-hydrogen) atoms. The molecule has 4 rings (SSSR count). The van der Waals surface area contributed by atoms with Gasteiger partial charge >= 0.3 is 0 Å². The SMILES string of the molecule is Clc1ccc(/C=N\N2CCN(Cc3cccc4ccccc34)CC2)cc1Cl. The number of rotatable bonds is 4. The quantitative estimate of drug-likeness (QED) is 0.556. The second kappa shape index (κ2) is 8.30. The van der Waals surface area contributed by atoms with Crippen molar-refractivity contribution in [1.82, 2.24) is 9.91 Å². The van der Waals surface area contributed by atoms with Gasteiger partial charge in [0, 0.05) is 32.7 Å². The van der Waals surface area contributed by atoms with Crippen LogP contribution in [0.5, 0.6) is 0 Å². The Balaban J connectivity index is 1.36. The molecule has 3 aromatic carbocycles. The molecule has 3 nitrogen and oxygen atoms in total. The summed E-state index contributed by atoms with van der Waals surface area (Å²) in [5, 5.41) is 10.5. The monoisotopic (exact) mass is 397 g/mol. The highest BCUT2D eigenvalue weighted by atomic mass is 35.5. The predicted molar refractivity (Wildman–Crippen MR) is 115 cm³/mol. The molecule has 1 saturated heterocycles. The van der Waals surface area contributed by atoms with Crippen molar-refractivity contribution >= 4 is 40.2 Å². The van der Waals surface area contributed by atoms with Gasteiger partial charge in [-0.05, 0) is 34.0 Å². The zero-order chi connectivity index (χ0) is 18.6. The van der Waals surface area contributed by atoms with Gasteiger partial charge in [0.15, 0.2) is 0 Å². The third kappa shape index (κ3) is 4.44. The number of benzene rings is 3. The van der Waals surface area contributed by atoms with E-state index >= 15 is 0 Å². The molecule has 0 unspecified atom stereocenters. The maximum absolute atomic E-state index is 6.06. The van der Waals surface area contributed by atoms with Crippen LogP contribution in [0.1, 0.15) is 11.1 Å². The summed E-state index contributed by atoms with van der Waals surface area (Å²) in [5.74, 6) is 0. The van der Waals surface area contributed by atoms with Gasteiger partial charge in [-0.25, -0.2) is 0 Å². The normalized spacial score (nSPS) is 15.7. The summed E-state index contributed by atoms with van der Waals surface area (Å²) in [6, 6.07) is 20.7. The molecule has 3 aromatic rings. The summed E-state index contributed by atoms with van der Waals surface area (Å²) in [6.45, 7) is 4.82. The first-order valence-corrected chi connectivity index (χ1v) is 9.87. The maximum atomic E-state index is 6.06. The largest absolute Gasteiger partial charge is 0.295 e. The molecule has 0 saturated carbocycles. The van der Waals surface area contributed by atoms with Gasteiger partial charge in [0.25, 0.3) is 0 Å². The molecule has 0 atom stereocenters. The highest BCUT2D eigenvalue weighted by Gasteiger charge is 2.16. The number of nitrogens with zero attached hydrogens (tertiary/aromatic N) is 3. The third-order valence-electron chi connectivity index (χ3n) is 4.94. The number of piperazine rings is 1. The average molecular weight is 398 g/mol. The summed E-state index contributed by atoms with van der Waals surface area (Å²) in [7, 11) is 0. The number of hydrogen-bond donors (Lipinski definition) is 0. The van der Waals surface area contributed by atoms with E-state index in [1.807, 2.05) is 18.3 Å². The Morgan fingerprint density at radius 1 is 0.852 bits per heavy atom. The van der Waals surface area contributed by atoms with Gasteiger partial charge in [0.05, 0.1) is 16.3 Å². The van der Waals surface area contributed by atoms with Crippen LogP contribution >= 0.6 is 23.2 Å². The first-order valence-electron chi connectivity index (χ1n) is 9.12. The molecule has 138 valence electrons. The zero-order valence-electron chi connectivity index (χ0n) is 15.0. The predicted octanol–water partition coefficient (Wildman–Crippen LogP) is 5.30. The van der Waals surface area contributed by atoms with Crippen molar-refractivity contribution in [2.75, 3.05) is 26.2 Å². The molecular formula is C22H21Cl2N3. The van der Waals surface area contributed by atoms with Crippen molar-refractivity contribution < 1.29 is 0 Å². The van der Waals surface area contributed by atoms with E-state index in [1.165, 1.54) is 16.3 Å². The van der Waals surface area contributed by atoms with Crippen molar-refractivity contribution in [1.29, 1.82) is 0 Å². The van der Waals surface area contributed by atoms with Gasteiger partial charge in [-0.2, -0.15) is 5.10 Å². The van der Waals surface area contributed by atoms with Crippen LogP contribution in [0, 0.1) is 0 Å². The van der Waals surface area contributed by atoms with Crippen LogP contribution in [0.4, 0.5) is 0 Å². The van der Waals surface area contributed by atoms with Crippen molar-refractivity contribution in [2.45, 2.75) is 6.54 Å². The number of halogens is 2. The minimum Gasteiger partial charge on any atom is -0.295 e. The zero-order valence-corrected chi connectivity index (χ0v) is 16.5. The molecule has 0 N–H and O–H groups in total. The number of fused-ring (bicyclic) bond motifs is 1. The lowest BCUT2D eigenvalue weighted by Crippen LogP contribution is -2.43. The van der Waals surface area contributed by atoms with E-state index in [-0.39, 0.29) is 0 Å². The Kier molecular flexibility index (Phi) is 5.63. The number of hydrogen-bond acceptors (Lipinski definition) is 3. The minimum atomic E-state index is 0.556. The molecule has 5 heteroatoms. The molecule has 1 heterocycles. The van der Waals surface area contributed by atoms with Gasteiger partial charge in [0.2, 0.25) is 0 Å². The van der Waals surface area contributed by atoms with Crippen molar-refractivity contribution in [3.05, 3.63) is 81.8 Å². The van der Waals surface area contributed by atoms with Crippen molar-refractivity contribution in [3.63, 3.8) is 0 Å². The van der Waals surface area contributed by atoms with Crippen LogP contribution in [0.3, 0.4) is 0 Å². The topological polar surface area (TPSA) is 18.8 Å². The van der Waals surface area contributed by atoms with E-state index in [1.54, 1.807) is 6.07 Å². The Labute approximate surface area is 169 Å². The third-order valence-corrected chi connectivity index (χ3v) is 5.68. The second-order valence-electron chi connectivity index (χ2n) is 6.79. The Morgan fingerprint density at radius 3 is 2.44 bits per heavy atom. The van der Waals surface area contributed by atoms with Crippen molar-refractivity contribution in [2.24, 2.45) is 5.10 Å². The smallest absolute Gasteiger partial charge is 0.0598 e. The van der Waals surface area contributed by atoms with Crippen LogP contribution in [0.2, 0.25) is 10.0 Å². The van der Waals surface area contributed by atoms with Crippen LogP contribution in [-0.4, -0.2) is 42.3 Å². The van der Waals surface area contributed by atoms with E-state index < -0.39 is 0 Å². The first-order chi connectivity index (χ1) is 13.2. The molecular weight excluding hydrogens is 377 g/mol. The lowest BCUT2D eigenvalue weighted by atomic mass is 10.0. The Morgan fingerprint density at radius 2 is 1.63 bits per heavy atom. The first kappa shape index (κ1) is 18.3. The fraction of sp³-hybridized carbons (Fsp3) is 0.227. The fourth-order valence-electron chi connectivity index (χ4n) is 3.42. The van der Waals surface area contributed by atoms with Crippen LogP contribution in [0.25, 0.3) is 10.8 Å². The summed E-state index contributed by atoms with van der Waals surface area (Å²) in [5.41, 5.74) is 2.35. The van der Waals surface area contributed by atoms with Crippen LogP contribution < -0.4 is 0 Å². The molecule has 0 radical (unpaired) electrons. The van der Waals surface area contributed by atoms with Crippen LogP contribution in [-0.2, 0) is 6.54 Å². The Bertz CT molecular complexity index is 957. The van der Waals surface area contributed by atoms with Crippen molar-refractivity contribution in [3.8, 4) is 0 Å². The lowest BCUT2D eigenvalue weighted by Gasteiger charge is -2.33. The molecule has 0 amide bonds. The van der Waals surface area contributed by atoms with E-state index in [2.05, 4.69) is 57.5 Å². The number of hydrazone groups is 1. The van der Waals surface area contributed by atoms with E-state index in [9.17, 15) is 0 Å². The van der Waals surface area contributed by atoms with Gasteiger partial charge in [0.1, 0.15) is 0 Å². The molecule has 0 spiro atoms. The van der Waals surface area contributed by atoms with Gasteiger partial charge in [-0.1, -0.05) is 71.7 Å². The van der Waals surface area contributed by atoms with Gasteiger partial charge < -0.3 is 0 Å². The molecule has 0 bridgehead atoms. The Hall–Kier alpha value is -2.07. The van der Waals surface area contributed by atoms with E-state index in [4.69, 9.17) is 23.2 Å². The standard InChI is InChI=1S/C22H21Cl2N3/c23-21-9-8-17(14-22(21)24)15-25-27-12-10-26(11-13-27)16-19-6-3-5-18-4-1-2-7-20(18)19/h1-9,14-15H,10-13,16H2/b25-15-. The minimum absolute atomic E-state index is 0.556. The molecule has 0 aliphatic carbocycles. The molecule has 1 aliphatic heterocycles. The molecule has 1 aliphatic rings. The summed E-state index contributed by atoms with van der Waals surface area (Å²) < 4.78 is 0. The lowest BCUT2D eigenvalue weighted by molar-refractivity contribution is 0.131. The molecule has 0 aromatic heterocycles. The summed E-state index contributed by atoms with van der Waals surface area (Å²) in [6.07, 6.45) is 1.85. The maximum Gasteiger partial charge on any atom is 0.0598 e. The summed E-state index contributed by atoms with van der Waals surface area (Å²) in [4.78, 5) is 2.49. The second-order valence-corrected chi connectivity index (χ2v) is 7.60. The summed E-state index contributed by atoms with van der Waals surface area (Å²) >= 11 is 12.0. The van der Waals surface area contributed by atoms with E-state index in [0.29, 0.717) is 10.0 Å². The average Bonchev–Trinajstić information content (AvgIpc) is 2.70. The highest BCUT2D eigenvalue weighted by molar-refractivity contribution is 6.42. The molecule has 1 fully saturated rings. The fourth-order valence-corrected chi connectivity index (χ4v) is 3.73. The van der Waals surface area contributed by atoms with Crippen LogP contribution in [0.15, 0.2) is 65.8 Å².